The van der Waals surface area contributed by atoms with E-state index in [4.69, 9.17) is 10.5 Å². The molecule has 1 saturated carbocycles. The van der Waals surface area contributed by atoms with Gasteiger partial charge < -0.3 is 15.8 Å². The van der Waals surface area contributed by atoms with Crippen LogP contribution >= 0.6 is 0 Å². The molecule has 1 aromatic rings. The topological polar surface area (TPSA) is 73.1 Å². The van der Waals surface area contributed by atoms with Crippen LogP contribution in [0.3, 0.4) is 0 Å². The Morgan fingerprint density at radius 2 is 2.40 bits per heavy atom. The molecule has 0 saturated heterocycles. The van der Waals surface area contributed by atoms with E-state index in [2.05, 4.69) is 22.2 Å². The molecule has 1 heterocycles. The van der Waals surface area contributed by atoms with Crippen molar-refractivity contribution in [3.8, 4) is 5.88 Å². The van der Waals surface area contributed by atoms with E-state index in [1.807, 2.05) is 0 Å². The van der Waals surface area contributed by atoms with Crippen LogP contribution in [0.15, 0.2) is 12.4 Å². The number of nitrogens with one attached hydrogen (secondary N) is 1. The average molecular weight is 208 g/mol. The van der Waals surface area contributed by atoms with Gasteiger partial charge in [0.1, 0.15) is 5.82 Å². The average Bonchev–Trinajstić information content (AvgIpc) is 2.92. The Morgan fingerprint density at radius 1 is 1.60 bits per heavy atom. The highest BCUT2D eigenvalue weighted by Crippen LogP contribution is 2.23. The number of nitrogens with two attached hydrogens (primary N) is 1. The lowest BCUT2D eigenvalue weighted by Crippen LogP contribution is -2.14. The lowest BCUT2D eigenvalue weighted by molar-refractivity contribution is 0.304. The molecule has 0 aromatic carbocycles. The van der Waals surface area contributed by atoms with E-state index in [-0.39, 0.29) is 6.04 Å². The summed E-state index contributed by atoms with van der Waals surface area (Å²) in [6.45, 7) is 2.72. The minimum Gasteiger partial charge on any atom is -0.477 e. The zero-order chi connectivity index (χ0) is 10.7. The molecule has 0 bridgehead atoms. The van der Waals surface area contributed by atoms with Crippen molar-refractivity contribution in [2.24, 2.45) is 5.73 Å². The maximum atomic E-state index is 5.69. The summed E-state index contributed by atoms with van der Waals surface area (Å²) in [5, 5.41) is 3.20. The molecule has 0 radical (unpaired) electrons. The first kappa shape index (κ1) is 10.2. The van der Waals surface area contributed by atoms with Gasteiger partial charge in [-0.2, -0.15) is 4.98 Å². The van der Waals surface area contributed by atoms with Crippen molar-refractivity contribution >= 4 is 5.82 Å². The first-order valence-electron chi connectivity index (χ1n) is 5.26. The largest absolute Gasteiger partial charge is 0.477 e. The SMILES string of the molecule is CCCOc1cncc(NC2CC2N)n1. The van der Waals surface area contributed by atoms with Crippen LogP contribution in [0.5, 0.6) is 5.88 Å². The number of anilines is 1. The minimum atomic E-state index is 0.256. The minimum absolute atomic E-state index is 0.256. The van der Waals surface area contributed by atoms with Crippen molar-refractivity contribution in [3.63, 3.8) is 0 Å². The van der Waals surface area contributed by atoms with Gasteiger partial charge in [0, 0.05) is 12.1 Å². The van der Waals surface area contributed by atoms with E-state index in [1.165, 1.54) is 0 Å². The van der Waals surface area contributed by atoms with Gasteiger partial charge in [-0.05, 0) is 12.8 Å². The van der Waals surface area contributed by atoms with Gasteiger partial charge in [-0.15, -0.1) is 0 Å². The van der Waals surface area contributed by atoms with Crippen LogP contribution in [0.1, 0.15) is 19.8 Å². The molecule has 0 aliphatic heterocycles. The summed E-state index contributed by atoms with van der Waals surface area (Å²) >= 11 is 0. The predicted octanol–water partition coefficient (Wildman–Crippen LogP) is 0.777. The second kappa shape index (κ2) is 4.44. The quantitative estimate of drug-likeness (QED) is 0.748. The molecule has 1 aromatic heterocycles. The van der Waals surface area contributed by atoms with Gasteiger partial charge >= 0.3 is 0 Å². The number of hydrogen-bond donors (Lipinski definition) is 2. The van der Waals surface area contributed by atoms with Crippen molar-refractivity contribution < 1.29 is 4.74 Å². The maximum absolute atomic E-state index is 5.69. The number of hydrogen-bond acceptors (Lipinski definition) is 5. The van der Waals surface area contributed by atoms with Crippen molar-refractivity contribution in [1.29, 1.82) is 0 Å². The predicted molar refractivity (Wildman–Crippen MR) is 57.8 cm³/mol. The molecule has 1 aliphatic carbocycles. The Balaban J connectivity index is 1.93. The molecule has 1 fully saturated rings. The number of ether oxygens (including phenoxy) is 1. The zero-order valence-electron chi connectivity index (χ0n) is 8.81. The van der Waals surface area contributed by atoms with E-state index in [0.717, 1.165) is 18.7 Å². The molecule has 2 rings (SSSR count). The molecule has 15 heavy (non-hydrogen) atoms. The summed E-state index contributed by atoms with van der Waals surface area (Å²) < 4.78 is 5.38. The van der Waals surface area contributed by atoms with Crippen molar-refractivity contribution in [2.45, 2.75) is 31.8 Å². The third-order valence-corrected chi connectivity index (χ3v) is 2.24. The van der Waals surface area contributed by atoms with Crippen molar-refractivity contribution in [2.75, 3.05) is 11.9 Å². The Labute approximate surface area is 89.1 Å². The van der Waals surface area contributed by atoms with Crippen LogP contribution < -0.4 is 15.8 Å². The standard InChI is InChI=1S/C10H16N4O/c1-2-3-15-10-6-12-5-9(14-10)13-8-4-7(8)11/h5-8H,2-4,11H2,1H3,(H,13,14). The molecule has 1 aliphatic rings. The van der Waals surface area contributed by atoms with Gasteiger partial charge in [-0.25, -0.2) is 0 Å². The van der Waals surface area contributed by atoms with Crippen LogP contribution in [-0.2, 0) is 0 Å². The van der Waals surface area contributed by atoms with E-state index >= 15 is 0 Å². The summed E-state index contributed by atoms with van der Waals surface area (Å²) in [6, 6.07) is 0.604. The third kappa shape index (κ3) is 2.79. The van der Waals surface area contributed by atoms with Gasteiger partial charge in [-0.3, -0.25) is 4.98 Å². The Hall–Kier alpha value is -1.36. The molecule has 0 spiro atoms. The molecule has 5 nitrogen and oxygen atoms in total. The number of aromatic nitrogens is 2. The maximum Gasteiger partial charge on any atom is 0.234 e. The number of nitrogens with zero attached hydrogens (tertiary/aromatic N) is 2. The lowest BCUT2D eigenvalue weighted by atomic mass is 10.5. The van der Waals surface area contributed by atoms with Crippen molar-refractivity contribution in [3.05, 3.63) is 12.4 Å². The van der Waals surface area contributed by atoms with Gasteiger partial charge in [0.05, 0.1) is 19.0 Å². The third-order valence-electron chi connectivity index (χ3n) is 2.24. The second-order valence-electron chi connectivity index (χ2n) is 3.74. The lowest BCUT2D eigenvalue weighted by Gasteiger charge is -2.06. The highest BCUT2D eigenvalue weighted by Gasteiger charge is 2.33. The smallest absolute Gasteiger partial charge is 0.234 e. The summed E-state index contributed by atoms with van der Waals surface area (Å²) in [6.07, 6.45) is 5.27. The molecule has 82 valence electrons. The zero-order valence-corrected chi connectivity index (χ0v) is 8.81. The molecule has 3 N–H and O–H groups in total. The van der Waals surface area contributed by atoms with Gasteiger partial charge in [-0.1, -0.05) is 6.92 Å². The molecular weight excluding hydrogens is 192 g/mol. The molecule has 5 heteroatoms. The molecule has 2 atom stereocenters. The molecule has 2 unspecified atom stereocenters. The Morgan fingerprint density at radius 3 is 3.07 bits per heavy atom. The fraction of sp³-hybridized carbons (Fsp3) is 0.600. The van der Waals surface area contributed by atoms with Crippen LogP contribution in [0.4, 0.5) is 5.82 Å². The first-order valence-corrected chi connectivity index (χ1v) is 5.26. The monoisotopic (exact) mass is 208 g/mol. The second-order valence-corrected chi connectivity index (χ2v) is 3.74. The van der Waals surface area contributed by atoms with Gasteiger partial charge in [0.2, 0.25) is 5.88 Å². The van der Waals surface area contributed by atoms with E-state index in [9.17, 15) is 0 Å². The fourth-order valence-electron chi connectivity index (χ4n) is 1.26. The molecular formula is C10H16N4O. The molecule has 0 amide bonds. The van der Waals surface area contributed by atoms with Crippen LogP contribution in [-0.4, -0.2) is 28.7 Å². The highest BCUT2D eigenvalue weighted by molar-refractivity contribution is 5.37. The van der Waals surface area contributed by atoms with Gasteiger partial charge in [0.25, 0.3) is 0 Å². The van der Waals surface area contributed by atoms with E-state index in [1.54, 1.807) is 12.4 Å². The highest BCUT2D eigenvalue weighted by atomic mass is 16.5. The summed E-state index contributed by atoms with van der Waals surface area (Å²) in [5.41, 5.74) is 5.69. The normalized spacial score (nSPS) is 23.6. The Kier molecular flexibility index (Phi) is 3.01. The summed E-state index contributed by atoms with van der Waals surface area (Å²) in [5.74, 6) is 1.30. The van der Waals surface area contributed by atoms with Crippen LogP contribution in [0, 0.1) is 0 Å². The van der Waals surface area contributed by atoms with Crippen molar-refractivity contribution in [1.82, 2.24) is 9.97 Å². The summed E-state index contributed by atoms with van der Waals surface area (Å²) in [7, 11) is 0. The van der Waals surface area contributed by atoms with Crippen LogP contribution in [0.2, 0.25) is 0 Å². The van der Waals surface area contributed by atoms with E-state index in [0.29, 0.717) is 18.5 Å². The van der Waals surface area contributed by atoms with E-state index < -0.39 is 0 Å². The fourth-order valence-corrected chi connectivity index (χ4v) is 1.26. The summed E-state index contributed by atoms with van der Waals surface area (Å²) in [4.78, 5) is 8.33. The van der Waals surface area contributed by atoms with Crippen LogP contribution in [0.25, 0.3) is 0 Å². The Bertz CT molecular complexity index is 331. The number of rotatable bonds is 5. The van der Waals surface area contributed by atoms with Gasteiger partial charge in [0.15, 0.2) is 0 Å². The first-order chi connectivity index (χ1) is 7.29.